The molecule has 0 aliphatic carbocycles. The van der Waals surface area contributed by atoms with Gasteiger partial charge in [-0.15, -0.1) is 0 Å². The summed E-state index contributed by atoms with van der Waals surface area (Å²) in [7, 11) is 0. The fraction of sp³-hybridized carbons (Fsp3) is 0.318. The molecule has 0 amide bonds. The number of aromatic carboxylic acids is 1. The molecule has 1 saturated heterocycles. The van der Waals surface area contributed by atoms with Gasteiger partial charge in [-0.3, -0.25) is 4.79 Å². The summed E-state index contributed by atoms with van der Waals surface area (Å²) in [5.74, 6) is -1.43. The van der Waals surface area contributed by atoms with E-state index in [0.29, 0.717) is 37.4 Å². The zero-order chi connectivity index (χ0) is 23.0. The first-order chi connectivity index (χ1) is 15.2. The van der Waals surface area contributed by atoms with Crippen LogP contribution in [0.4, 0.5) is 18.9 Å². The van der Waals surface area contributed by atoms with Gasteiger partial charge in [0.05, 0.1) is 36.2 Å². The first-order valence-corrected chi connectivity index (χ1v) is 9.91. The molecule has 32 heavy (non-hydrogen) atoms. The molecular formula is C22H20F3N3O4. The number of halogens is 3. The van der Waals surface area contributed by atoms with Gasteiger partial charge in [0.2, 0.25) is 5.43 Å². The lowest BCUT2D eigenvalue weighted by Gasteiger charge is -2.29. The molecule has 0 saturated carbocycles. The van der Waals surface area contributed by atoms with Crippen LogP contribution in [0.15, 0.2) is 41.5 Å². The van der Waals surface area contributed by atoms with E-state index >= 15 is 0 Å². The van der Waals surface area contributed by atoms with Gasteiger partial charge in [-0.25, -0.2) is 9.78 Å². The Morgan fingerprint density at radius 2 is 1.97 bits per heavy atom. The van der Waals surface area contributed by atoms with Gasteiger partial charge in [-0.1, -0.05) is 12.1 Å². The molecule has 1 N–H and O–H groups in total. The summed E-state index contributed by atoms with van der Waals surface area (Å²) in [5, 5.41) is 9.47. The van der Waals surface area contributed by atoms with Gasteiger partial charge in [-0.05, 0) is 30.2 Å². The maximum absolute atomic E-state index is 13.4. The van der Waals surface area contributed by atoms with Crippen molar-refractivity contribution in [3.8, 4) is 0 Å². The Bertz CT molecular complexity index is 1250. The molecule has 4 rings (SSSR count). The number of rotatable bonds is 4. The summed E-state index contributed by atoms with van der Waals surface area (Å²) < 4.78 is 46.9. The summed E-state index contributed by atoms with van der Waals surface area (Å²) in [5.41, 5.74) is -0.568. The molecule has 1 aromatic carbocycles. The van der Waals surface area contributed by atoms with E-state index in [2.05, 4.69) is 4.98 Å². The van der Waals surface area contributed by atoms with Gasteiger partial charge in [0, 0.05) is 25.8 Å². The molecule has 0 atom stereocenters. The number of carboxylic acid groups (broad SMARTS) is 1. The number of hydrogen-bond donors (Lipinski definition) is 1. The number of carboxylic acids is 1. The van der Waals surface area contributed by atoms with Crippen LogP contribution < -0.4 is 10.3 Å². The van der Waals surface area contributed by atoms with Crippen molar-refractivity contribution in [2.45, 2.75) is 19.6 Å². The number of nitrogens with zero attached hydrogens (tertiary/aromatic N) is 3. The predicted molar refractivity (Wildman–Crippen MR) is 111 cm³/mol. The molecule has 1 aliphatic rings. The van der Waals surface area contributed by atoms with E-state index in [1.165, 1.54) is 23.8 Å². The van der Waals surface area contributed by atoms with E-state index in [9.17, 15) is 27.9 Å². The van der Waals surface area contributed by atoms with Crippen LogP contribution in [0.3, 0.4) is 0 Å². The highest BCUT2D eigenvalue weighted by Gasteiger charge is 2.33. The van der Waals surface area contributed by atoms with Crippen molar-refractivity contribution in [1.29, 1.82) is 0 Å². The molecule has 7 nitrogen and oxygen atoms in total. The van der Waals surface area contributed by atoms with Crippen molar-refractivity contribution in [1.82, 2.24) is 9.55 Å². The zero-order valence-electron chi connectivity index (χ0n) is 17.1. The minimum atomic E-state index is -4.51. The van der Waals surface area contributed by atoms with Crippen LogP contribution in [0.1, 0.15) is 27.0 Å². The van der Waals surface area contributed by atoms with Crippen LogP contribution in [0.2, 0.25) is 0 Å². The maximum Gasteiger partial charge on any atom is 0.416 e. The third-order valence-electron chi connectivity index (χ3n) is 5.61. The molecule has 0 spiro atoms. The largest absolute Gasteiger partial charge is 0.477 e. The number of anilines is 1. The number of benzene rings is 1. The lowest BCUT2D eigenvalue weighted by molar-refractivity contribution is -0.138. The Morgan fingerprint density at radius 3 is 2.62 bits per heavy atom. The monoisotopic (exact) mass is 447 g/mol. The fourth-order valence-electron chi connectivity index (χ4n) is 3.87. The Labute approximate surface area is 180 Å². The summed E-state index contributed by atoms with van der Waals surface area (Å²) >= 11 is 0. The average Bonchev–Trinajstić information content (AvgIpc) is 2.76. The summed E-state index contributed by atoms with van der Waals surface area (Å²) in [4.78, 5) is 30.5. The molecule has 1 fully saturated rings. The molecule has 2 aromatic heterocycles. The first kappa shape index (κ1) is 21.8. The normalized spacial score (nSPS) is 14.7. The molecule has 0 bridgehead atoms. The van der Waals surface area contributed by atoms with E-state index in [4.69, 9.17) is 4.74 Å². The van der Waals surface area contributed by atoms with Crippen LogP contribution in [-0.2, 0) is 17.5 Å². The van der Waals surface area contributed by atoms with Crippen LogP contribution in [-0.4, -0.2) is 46.9 Å². The number of morpholine rings is 1. The van der Waals surface area contributed by atoms with Gasteiger partial charge in [0.15, 0.2) is 0 Å². The van der Waals surface area contributed by atoms with E-state index in [1.54, 1.807) is 12.1 Å². The van der Waals surface area contributed by atoms with Crippen LogP contribution >= 0.6 is 0 Å². The second-order valence-corrected chi connectivity index (χ2v) is 7.55. The first-order valence-electron chi connectivity index (χ1n) is 9.91. The second-order valence-electron chi connectivity index (χ2n) is 7.55. The van der Waals surface area contributed by atoms with Crippen molar-refractivity contribution >= 4 is 22.7 Å². The highest BCUT2D eigenvalue weighted by molar-refractivity contribution is 5.92. The quantitative estimate of drug-likeness (QED) is 0.661. The SMILES string of the molecule is Cc1c(Cn2cc(C(=O)O)c(=O)c3ncc(N4CCOCC4)cc32)cccc1C(F)(F)F. The zero-order valence-corrected chi connectivity index (χ0v) is 17.1. The van der Waals surface area contributed by atoms with Crippen molar-refractivity contribution in [3.63, 3.8) is 0 Å². The van der Waals surface area contributed by atoms with Gasteiger partial charge < -0.3 is 19.3 Å². The minimum absolute atomic E-state index is 0.0426. The predicted octanol–water partition coefficient (Wildman–Crippen LogP) is 3.31. The molecule has 1 aliphatic heterocycles. The van der Waals surface area contributed by atoms with Crippen molar-refractivity contribution in [2.24, 2.45) is 0 Å². The number of pyridine rings is 2. The van der Waals surface area contributed by atoms with E-state index in [1.807, 2.05) is 4.90 Å². The number of alkyl halides is 3. The highest BCUT2D eigenvalue weighted by atomic mass is 19.4. The molecule has 0 radical (unpaired) electrons. The topological polar surface area (TPSA) is 84.7 Å². The highest BCUT2D eigenvalue weighted by Crippen LogP contribution is 2.33. The number of aromatic nitrogens is 2. The minimum Gasteiger partial charge on any atom is -0.477 e. The van der Waals surface area contributed by atoms with E-state index in [0.717, 1.165) is 18.0 Å². The average molecular weight is 447 g/mol. The fourth-order valence-corrected chi connectivity index (χ4v) is 3.87. The van der Waals surface area contributed by atoms with E-state index in [-0.39, 0.29) is 17.6 Å². The van der Waals surface area contributed by atoms with Gasteiger partial charge in [0.1, 0.15) is 11.1 Å². The lowest BCUT2D eigenvalue weighted by atomic mass is 10.0. The summed E-state index contributed by atoms with van der Waals surface area (Å²) in [6, 6.07) is 5.58. The van der Waals surface area contributed by atoms with Crippen molar-refractivity contribution < 1.29 is 27.8 Å². The van der Waals surface area contributed by atoms with Gasteiger partial charge >= 0.3 is 12.1 Å². The Morgan fingerprint density at radius 1 is 1.25 bits per heavy atom. The number of fused-ring (bicyclic) bond motifs is 1. The molecule has 3 heterocycles. The second kappa shape index (κ2) is 8.27. The van der Waals surface area contributed by atoms with Crippen LogP contribution in [0.25, 0.3) is 11.0 Å². The number of hydrogen-bond acceptors (Lipinski definition) is 5. The summed E-state index contributed by atoms with van der Waals surface area (Å²) in [6.07, 6.45) is -1.85. The summed E-state index contributed by atoms with van der Waals surface area (Å²) in [6.45, 7) is 3.63. The van der Waals surface area contributed by atoms with Gasteiger partial charge in [0.25, 0.3) is 0 Å². The Hall–Kier alpha value is -3.40. The molecule has 3 aromatic rings. The van der Waals surface area contributed by atoms with Crippen LogP contribution in [0, 0.1) is 6.92 Å². The van der Waals surface area contributed by atoms with Crippen LogP contribution in [0.5, 0.6) is 0 Å². The number of ether oxygens (including phenoxy) is 1. The molecule has 168 valence electrons. The standard InChI is InChI=1S/C22H20F3N3O4/c1-13-14(3-2-4-17(13)22(23,24)25)11-28-12-16(21(30)31)20(29)19-18(28)9-15(10-26-19)27-5-7-32-8-6-27/h2-4,9-10,12H,5-8,11H2,1H3,(H,30,31). The Balaban J connectivity index is 1.88. The smallest absolute Gasteiger partial charge is 0.416 e. The van der Waals surface area contributed by atoms with Crippen molar-refractivity contribution in [2.75, 3.05) is 31.2 Å². The molecule has 0 unspecified atom stereocenters. The molecular weight excluding hydrogens is 427 g/mol. The molecule has 10 heteroatoms. The number of carbonyl (C=O) groups is 1. The maximum atomic E-state index is 13.4. The lowest BCUT2D eigenvalue weighted by Crippen LogP contribution is -2.36. The van der Waals surface area contributed by atoms with Crippen molar-refractivity contribution in [3.05, 3.63) is 69.1 Å². The third-order valence-corrected chi connectivity index (χ3v) is 5.61. The van der Waals surface area contributed by atoms with Gasteiger partial charge in [-0.2, -0.15) is 13.2 Å². The third kappa shape index (κ3) is 4.05. The Kier molecular flexibility index (Phi) is 5.64. The van der Waals surface area contributed by atoms with E-state index < -0.39 is 28.7 Å².